The van der Waals surface area contributed by atoms with Gasteiger partial charge in [-0.1, -0.05) is 39.8 Å². The summed E-state index contributed by atoms with van der Waals surface area (Å²) in [5, 5.41) is 0. The van der Waals surface area contributed by atoms with Crippen LogP contribution in [0.25, 0.3) is 0 Å². The van der Waals surface area contributed by atoms with Crippen LogP contribution in [0.1, 0.15) is 27.7 Å². The molecule has 0 amide bonds. The van der Waals surface area contributed by atoms with Gasteiger partial charge in [0.25, 0.3) is 0 Å². The van der Waals surface area contributed by atoms with Gasteiger partial charge in [0.05, 0.1) is 5.71 Å². The SMILES string of the molecule is CC(C)C1=CC=C(C(C)C)C2N=CN=C12. The van der Waals surface area contributed by atoms with Crippen LogP contribution in [0.4, 0.5) is 0 Å². The van der Waals surface area contributed by atoms with Gasteiger partial charge >= 0.3 is 0 Å². The molecule has 1 unspecified atom stereocenters. The maximum atomic E-state index is 4.46. The van der Waals surface area contributed by atoms with E-state index in [0.29, 0.717) is 11.8 Å². The smallest absolute Gasteiger partial charge is 0.116 e. The van der Waals surface area contributed by atoms with Crippen molar-refractivity contribution < 1.29 is 0 Å². The highest BCUT2D eigenvalue weighted by Crippen LogP contribution is 2.30. The quantitative estimate of drug-likeness (QED) is 0.657. The van der Waals surface area contributed by atoms with E-state index in [1.807, 2.05) is 0 Å². The van der Waals surface area contributed by atoms with Crippen LogP contribution in [0.15, 0.2) is 33.3 Å². The van der Waals surface area contributed by atoms with Gasteiger partial charge in [-0.15, -0.1) is 0 Å². The lowest BCUT2D eigenvalue weighted by Crippen LogP contribution is -2.27. The molecule has 0 aromatic rings. The Morgan fingerprint density at radius 2 is 1.80 bits per heavy atom. The van der Waals surface area contributed by atoms with Crippen LogP contribution in [0.2, 0.25) is 0 Å². The molecule has 0 spiro atoms. The Kier molecular flexibility index (Phi) is 2.59. The Labute approximate surface area is 91.5 Å². The van der Waals surface area contributed by atoms with Crippen LogP contribution in [0.5, 0.6) is 0 Å². The number of allylic oxidation sites excluding steroid dienone is 2. The second-order valence-corrected chi connectivity index (χ2v) is 4.78. The lowest BCUT2D eigenvalue weighted by molar-refractivity contribution is 0.707. The Hall–Kier alpha value is -1.18. The van der Waals surface area contributed by atoms with E-state index in [-0.39, 0.29) is 6.04 Å². The molecule has 2 nitrogen and oxygen atoms in total. The average molecular weight is 202 g/mol. The third kappa shape index (κ3) is 1.69. The first-order valence-corrected chi connectivity index (χ1v) is 5.62. The van der Waals surface area contributed by atoms with Gasteiger partial charge in [0.1, 0.15) is 12.4 Å². The molecule has 1 aliphatic heterocycles. The zero-order valence-corrected chi connectivity index (χ0v) is 9.86. The predicted molar refractivity (Wildman–Crippen MR) is 65.6 cm³/mol. The van der Waals surface area contributed by atoms with E-state index in [4.69, 9.17) is 0 Å². The van der Waals surface area contributed by atoms with E-state index in [1.54, 1.807) is 6.34 Å². The van der Waals surface area contributed by atoms with Crippen LogP contribution in [-0.2, 0) is 0 Å². The summed E-state index contributed by atoms with van der Waals surface area (Å²) in [5.41, 5.74) is 3.88. The fourth-order valence-electron chi connectivity index (χ4n) is 2.14. The summed E-state index contributed by atoms with van der Waals surface area (Å²) in [4.78, 5) is 8.86. The molecule has 0 aromatic carbocycles. The van der Waals surface area contributed by atoms with Gasteiger partial charge in [0.2, 0.25) is 0 Å². The van der Waals surface area contributed by atoms with Crippen LogP contribution < -0.4 is 0 Å². The van der Waals surface area contributed by atoms with Crippen molar-refractivity contribution in [3.63, 3.8) is 0 Å². The van der Waals surface area contributed by atoms with Crippen molar-refractivity contribution >= 4 is 12.1 Å². The summed E-state index contributed by atoms with van der Waals surface area (Å²) in [6.45, 7) is 8.84. The minimum Gasteiger partial charge on any atom is -0.259 e. The number of hydrogen-bond acceptors (Lipinski definition) is 2. The van der Waals surface area contributed by atoms with Crippen LogP contribution in [0.3, 0.4) is 0 Å². The highest BCUT2D eigenvalue weighted by atomic mass is 15.0. The van der Waals surface area contributed by atoms with Gasteiger partial charge in [-0.25, -0.2) is 4.99 Å². The summed E-state index contributed by atoms with van der Waals surface area (Å²) >= 11 is 0. The van der Waals surface area contributed by atoms with Gasteiger partial charge in [0, 0.05) is 0 Å². The Balaban J connectivity index is 2.41. The molecule has 0 bridgehead atoms. The standard InChI is InChI=1S/C13H18N2/c1-8(2)10-5-6-11(9(3)4)13-12(10)14-7-15-13/h5-9,12H,1-4H3. The summed E-state index contributed by atoms with van der Waals surface area (Å²) in [7, 11) is 0. The molecule has 2 aliphatic rings. The Bertz CT molecular complexity index is 381. The Morgan fingerprint density at radius 1 is 1.07 bits per heavy atom. The van der Waals surface area contributed by atoms with Crippen LogP contribution >= 0.6 is 0 Å². The molecule has 0 radical (unpaired) electrons. The molecule has 80 valence electrons. The third-order valence-corrected chi connectivity index (χ3v) is 3.03. The summed E-state index contributed by atoms with van der Waals surface area (Å²) < 4.78 is 0. The van der Waals surface area contributed by atoms with Gasteiger partial charge in [-0.2, -0.15) is 0 Å². The lowest BCUT2D eigenvalue weighted by Gasteiger charge is -2.25. The number of hydrogen-bond donors (Lipinski definition) is 0. The number of rotatable bonds is 2. The average Bonchev–Trinajstić information content (AvgIpc) is 2.63. The Morgan fingerprint density at radius 3 is 2.40 bits per heavy atom. The molecule has 2 heteroatoms. The van der Waals surface area contributed by atoms with Crippen molar-refractivity contribution in [1.29, 1.82) is 0 Å². The molecular formula is C13H18N2. The molecule has 0 N–H and O–H groups in total. The summed E-state index contributed by atoms with van der Waals surface area (Å²) in [6.07, 6.45) is 6.15. The van der Waals surface area contributed by atoms with Crippen LogP contribution in [0, 0.1) is 11.8 Å². The molecule has 0 fully saturated rings. The van der Waals surface area contributed by atoms with Gasteiger partial charge in [-0.05, 0) is 23.0 Å². The maximum absolute atomic E-state index is 4.46. The van der Waals surface area contributed by atoms with Crippen LogP contribution in [-0.4, -0.2) is 18.1 Å². The normalized spacial score (nSPS) is 24.1. The molecule has 15 heavy (non-hydrogen) atoms. The number of aliphatic imine (C=N–C) groups is 2. The number of fused-ring (bicyclic) bond motifs is 1. The van der Waals surface area contributed by atoms with Gasteiger partial charge in [0.15, 0.2) is 0 Å². The molecule has 1 aliphatic carbocycles. The van der Waals surface area contributed by atoms with Crippen molar-refractivity contribution in [3.8, 4) is 0 Å². The van der Waals surface area contributed by atoms with E-state index >= 15 is 0 Å². The van der Waals surface area contributed by atoms with E-state index in [9.17, 15) is 0 Å². The number of nitrogens with zero attached hydrogens (tertiary/aromatic N) is 2. The molecule has 0 saturated heterocycles. The fourth-order valence-corrected chi connectivity index (χ4v) is 2.14. The first-order valence-electron chi connectivity index (χ1n) is 5.62. The lowest BCUT2D eigenvalue weighted by atomic mass is 9.82. The third-order valence-electron chi connectivity index (χ3n) is 3.03. The summed E-state index contributed by atoms with van der Waals surface area (Å²) in [6, 6.07) is 0.201. The van der Waals surface area contributed by atoms with Crippen molar-refractivity contribution in [3.05, 3.63) is 23.3 Å². The molecule has 1 atom stereocenters. The predicted octanol–water partition coefficient (Wildman–Crippen LogP) is 3.02. The molecule has 0 aromatic heterocycles. The highest BCUT2D eigenvalue weighted by molar-refractivity contribution is 6.13. The molecule has 2 rings (SSSR count). The largest absolute Gasteiger partial charge is 0.259 e. The topological polar surface area (TPSA) is 24.7 Å². The minimum atomic E-state index is 0.201. The zero-order valence-electron chi connectivity index (χ0n) is 9.86. The highest BCUT2D eigenvalue weighted by Gasteiger charge is 2.30. The molecular weight excluding hydrogens is 184 g/mol. The molecule has 0 saturated carbocycles. The van der Waals surface area contributed by atoms with Gasteiger partial charge in [-0.3, -0.25) is 4.99 Å². The van der Waals surface area contributed by atoms with Crippen molar-refractivity contribution in [2.45, 2.75) is 33.7 Å². The van der Waals surface area contributed by atoms with Gasteiger partial charge < -0.3 is 0 Å². The minimum absolute atomic E-state index is 0.201. The summed E-state index contributed by atoms with van der Waals surface area (Å²) in [5.74, 6) is 1.07. The van der Waals surface area contributed by atoms with Crippen molar-refractivity contribution in [2.24, 2.45) is 21.8 Å². The second kappa shape index (κ2) is 3.76. The molecule has 1 heterocycles. The van der Waals surface area contributed by atoms with E-state index in [2.05, 4.69) is 49.8 Å². The van der Waals surface area contributed by atoms with Crippen molar-refractivity contribution in [1.82, 2.24) is 0 Å². The van der Waals surface area contributed by atoms with E-state index in [1.165, 1.54) is 11.1 Å². The second-order valence-electron chi connectivity index (χ2n) is 4.78. The first kappa shape index (κ1) is 10.3. The fraction of sp³-hybridized carbons (Fsp3) is 0.538. The van der Waals surface area contributed by atoms with E-state index in [0.717, 1.165) is 5.71 Å². The zero-order chi connectivity index (χ0) is 11.0. The van der Waals surface area contributed by atoms with Crippen molar-refractivity contribution in [2.75, 3.05) is 0 Å². The maximum Gasteiger partial charge on any atom is 0.116 e. The first-order chi connectivity index (χ1) is 7.11. The monoisotopic (exact) mass is 202 g/mol. The van der Waals surface area contributed by atoms with E-state index < -0.39 is 0 Å².